The maximum absolute atomic E-state index is 10.4. The van der Waals surface area contributed by atoms with Crippen molar-refractivity contribution in [2.24, 2.45) is 0 Å². The molecule has 0 fully saturated rings. The summed E-state index contributed by atoms with van der Waals surface area (Å²) in [5.41, 5.74) is 7.52. The van der Waals surface area contributed by atoms with Crippen LogP contribution in [-0.2, 0) is 33.3 Å². The van der Waals surface area contributed by atoms with Gasteiger partial charge in [-0.25, -0.2) is 31.0 Å². The zero-order chi connectivity index (χ0) is 47.2. The Balaban J connectivity index is 0.000000301. The van der Waals surface area contributed by atoms with Crippen molar-refractivity contribution < 1.29 is 44.9 Å². The van der Waals surface area contributed by atoms with E-state index in [1.54, 1.807) is 36.7 Å². The van der Waals surface area contributed by atoms with Gasteiger partial charge in [0.2, 0.25) is 0 Å². The van der Waals surface area contributed by atoms with E-state index >= 15 is 0 Å². The fraction of sp³-hybridized carbons (Fsp3) is 0.275. The molecule has 13 nitrogen and oxygen atoms in total. The zero-order valence-corrected chi connectivity index (χ0v) is 39.0. The summed E-state index contributed by atoms with van der Waals surface area (Å²) in [6.07, 6.45) is 21.0. The fourth-order valence-corrected chi connectivity index (χ4v) is 7.53. The summed E-state index contributed by atoms with van der Waals surface area (Å²) in [6.45, 7) is 6.64. The molecule has 15 heteroatoms. The zero-order valence-electron chi connectivity index (χ0n) is 37.4. The number of aromatic nitrogens is 5. The first kappa shape index (κ1) is 50.8. The van der Waals surface area contributed by atoms with Gasteiger partial charge in [0.25, 0.3) is 0 Å². The third-order valence-electron chi connectivity index (χ3n) is 10.3. The second-order valence-corrected chi connectivity index (χ2v) is 18.3. The number of hydrogen-bond acceptors (Lipinski definition) is 11. The van der Waals surface area contributed by atoms with E-state index in [0.717, 1.165) is 104 Å². The van der Waals surface area contributed by atoms with Crippen molar-refractivity contribution in [1.82, 2.24) is 15.0 Å². The molecule has 7 rings (SSSR count). The van der Waals surface area contributed by atoms with E-state index in [2.05, 4.69) is 68.2 Å². The fourth-order valence-electron chi connectivity index (χ4n) is 6.59. The molecular formula is C51H57N5O8S2. The molecule has 0 saturated heterocycles. The summed E-state index contributed by atoms with van der Waals surface area (Å²) in [5, 5.41) is 8.90. The molecule has 5 heterocycles. The molecule has 2 aromatic carbocycles. The van der Waals surface area contributed by atoms with E-state index in [1.807, 2.05) is 62.4 Å². The lowest BCUT2D eigenvalue weighted by atomic mass is 10.1. The second kappa shape index (κ2) is 26.1. The molecule has 0 amide bonds. The van der Waals surface area contributed by atoms with Crippen molar-refractivity contribution in [2.45, 2.75) is 88.1 Å². The number of unbranched alkanes of at least 4 members (excludes halogenated alkanes) is 6. The standard InChI is InChI=1S/C37H43N5O2.2C7H8O3S/c43-27-11-3-1-9-21-41-23-15-31(16-24-41)32-17-25-42(26-18-32)22-10-2-4-12-28-44-33-29-36(34-13-5-7-19-38-34)40-37(30-33)35-14-6-8-20-39-35;2*1-6-2-4-7(5-3-6)11(8,9)10/h5-8,13-20,23-26,29-30,43H,1-4,9-12,21-22,27-28H2;2*2-5H,1H3,(H,8,9,10)/q+2;;/p-2. The number of aliphatic hydroxyl groups excluding tert-OH is 1. The average Bonchev–Trinajstić information content (AvgIpc) is 3.32. The van der Waals surface area contributed by atoms with Crippen LogP contribution in [0.1, 0.15) is 62.5 Å². The van der Waals surface area contributed by atoms with E-state index in [9.17, 15) is 25.9 Å². The number of hydrogen-bond donors (Lipinski definition) is 1. The first-order chi connectivity index (χ1) is 31.8. The minimum Gasteiger partial charge on any atom is -0.744 e. The molecule has 7 aromatic rings. The van der Waals surface area contributed by atoms with Crippen LogP contribution in [0.4, 0.5) is 0 Å². The second-order valence-electron chi connectivity index (χ2n) is 15.6. The van der Waals surface area contributed by atoms with Crippen molar-refractivity contribution in [2.75, 3.05) is 13.2 Å². The van der Waals surface area contributed by atoms with Crippen LogP contribution in [0.5, 0.6) is 5.75 Å². The summed E-state index contributed by atoms with van der Waals surface area (Å²) in [4.78, 5) is 13.4. The van der Waals surface area contributed by atoms with Gasteiger partial charge in [0.1, 0.15) is 39.1 Å². The van der Waals surface area contributed by atoms with E-state index in [-0.39, 0.29) is 9.79 Å². The average molecular weight is 932 g/mol. The molecule has 1 N–H and O–H groups in total. The quantitative estimate of drug-likeness (QED) is 0.0465. The van der Waals surface area contributed by atoms with Gasteiger partial charge in [-0.1, -0.05) is 53.9 Å². The molecule has 0 radical (unpaired) electrons. The molecule has 0 spiro atoms. The first-order valence-corrected chi connectivity index (χ1v) is 24.7. The molecule has 0 bridgehead atoms. The van der Waals surface area contributed by atoms with Gasteiger partial charge >= 0.3 is 0 Å². The highest BCUT2D eigenvalue weighted by molar-refractivity contribution is 7.86. The van der Waals surface area contributed by atoms with E-state index in [0.29, 0.717) is 13.2 Å². The lowest BCUT2D eigenvalue weighted by Gasteiger charge is -2.10. The van der Waals surface area contributed by atoms with Gasteiger partial charge in [0, 0.05) is 68.2 Å². The molecule has 346 valence electrons. The Morgan fingerprint density at radius 1 is 0.515 bits per heavy atom. The predicted molar refractivity (Wildman–Crippen MR) is 251 cm³/mol. The third kappa shape index (κ3) is 17.6. The van der Waals surface area contributed by atoms with Gasteiger partial charge in [0.15, 0.2) is 24.8 Å². The van der Waals surface area contributed by atoms with Crippen molar-refractivity contribution in [3.63, 3.8) is 0 Å². The Labute approximate surface area is 389 Å². The Bertz CT molecular complexity index is 2600. The number of ether oxygens (including phenoxy) is 1. The van der Waals surface area contributed by atoms with Crippen LogP contribution in [0.25, 0.3) is 33.9 Å². The van der Waals surface area contributed by atoms with Crippen molar-refractivity contribution >= 4 is 20.2 Å². The lowest BCUT2D eigenvalue weighted by Crippen LogP contribution is -2.33. The monoisotopic (exact) mass is 931 g/mol. The summed E-state index contributed by atoms with van der Waals surface area (Å²) >= 11 is 0. The van der Waals surface area contributed by atoms with Crippen LogP contribution in [0.15, 0.2) is 168 Å². The molecule has 0 aliphatic heterocycles. The minimum atomic E-state index is -4.27. The Morgan fingerprint density at radius 3 is 1.30 bits per heavy atom. The van der Waals surface area contributed by atoms with Gasteiger partial charge in [-0.3, -0.25) is 9.97 Å². The molecule has 0 unspecified atom stereocenters. The van der Waals surface area contributed by atoms with Gasteiger partial charge < -0.3 is 18.9 Å². The number of nitrogens with zero attached hydrogens (tertiary/aromatic N) is 5. The molecule has 0 aliphatic rings. The number of pyridine rings is 5. The number of rotatable bonds is 19. The van der Waals surface area contributed by atoms with E-state index < -0.39 is 20.2 Å². The maximum Gasteiger partial charge on any atom is 0.169 e. The normalized spacial score (nSPS) is 11.2. The van der Waals surface area contributed by atoms with Gasteiger partial charge in [-0.2, -0.15) is 0 Å². The molecular weight excluding hydrogens is 875 g/mol. The number of aliphatic hydroxyl groups is 1. The van der Waals surface area contributed by atoms with Crippen molar-refractivity contribution in [1.29, 1.82) is 0 Å². The minimum absolute atomic E-state index is 0.178. The molecule has 0 atom stereocenters. The highest BCUT2D eigenvalue weighted by Gasteiger charge is 2.11. The smallest absolute Gasteiger partial charge is 0.169 e. The van der Waals surface area contributed by atoms with Crippen LogP contribution < -0.4 is 13.9 Å². The summed E-state index contributed by atoms with van der Waals surface area (Å²) in [5.74, 6) is 0.791. The van der Waals surface area contributed by atoms with Crippen LogP contribution in [0.3, 0.4) is 0 Å². The van der Waals surface area contributed by atoms with Crippen molar-refractivity contribution in [3.8, 4) is 39.7 Å². The van der Waals surface area contributed by atoms with E-state index in [1.165, 1.54) is 35.4 Å². The van der Waals surface area contributed by atoms with E-state index in [4.69, 9.17) is 14.8 Å². The molecule has 66 heavy (non-hydrogen) atoms. The first-order valence-electron chi connectivity index (χ1n) is 21.9. The van der Waals surface area contributed by atoms with Gasteiger partial charge in [-0.15, -0.1) is 0 Å². The Morgan fingerprint density at radius 2 is 0.924 bits per heavy atom. The Hall–Kier alpha value is -6.23. The highest BCUT2D eigenvalue weighted by atomic mass is 32.2. The maximum atomic E-state index is 10.4. The van der Waals surface area contributed by atoms with Crippen molar-refractivity contribution in [3.05, 3.63) is 170 Å². The predicted octanol–water partition coefficient (Wildman–Crippen LogP) is 8.44. The largest absolute Gasteiger partial charge is 0.744 e. The molecule has 0 saturated carbocycles. The molecule has 5 aromatic heterocycles. The summed E-state index contributed by atoms with van der Waals surface area (Å²) < 4.78 is 73.0. The Kier molecular flexibility index (Phi) is 20.0. The lowest BCUT2D eigenvalue weighted by molar-refractivity contribution is -0.697. The number of benzene rings is 2. The third-order valence-corrected chi connectivity index (χ3v) is 12.0. The van der Waals surface area contributed by atoms with Crippen LogP contribution in [-0.4, -0.2) is 59.2 Å². The topological polar surface area (TPSA) is 190 Å². The highest BCUT2D eigenvalue weighted by Crippen LogP contribution is 2.27. The number of aryl methyl sites for hydroxylation is 4. The SMILES string of the molecule is Cc1ccc(S(=O)(=O)[O-])cc1.Cc1ccc(S(=O)(=O)[O-])cc1.OCCCCCC[n+]1ccc(-c2cc[n+](CCCCCCOc3cc(-c4ccccn4)nc(-c4ccccn4)c3)cc2)cc1. The van der Waals surface area contributed by atoms with Crippen LogP contribution in [0, 0.1) is 13.8 Å². The van der Waals surface area contributed by atoms with Gasteiger partial charge in [0.05, 0.1) is 39.2 Å². The summed E-state index contributed by atoms with van der Waals surface area (Å²) in [6, 6.07) is 35.9. The van der Waals surface area contributed by atoms with Gasteiger partial charge in [-0.05, 0) is 106 Å². The van der Waals surface area contributed by atoms with Crippen LogP contribution in [0.2, 0.25) is 0 Å². The van der Waals surface area contributed by atoms with Crippen LogP contribution >= 0.6 is 0 Å². The summed E-state index contributed by atoms with van der Waals surface area (Å²) in [7, 11) is -8.54. The molecule has 0 aliphatic carbocycles.